The zero-order valence-corrected chi connectivity index (χ0v) is 13.4. The van der Waals surface area contributed by atoms with Crippen molar-refractivity contribution in [1.29, 1.82) is 0 Å². The largest absolute Gasteiger partial charge is 0.726 e. The van der Waals surface area contributed by atoms with Crippen LogP contribution in [0.4, 0.5) is 0 Å². The molecule has 0 aliphatic heterocycles. The van der Waals surface area contributed by atoms with Crippen LogP contribution in [0, 0.1) is 11.8 Å². The van der Waals surface area contributed by atoms with Gasteiger partial charge in [-0.05, 0) is 18.3 Å². The molecular formula is C14H29O4S-. The van der Waals surface area contributed by atoms with Crippen LogP contribution in [-0.2, 0) is 14.6 Å². The summed E-state index contributed by atoms with van der Waals surface area (Å²) in [6.45, 7) is 6.63. The van der Waals surface area contributed by atoms with Crippen LogP contribution in [0.2, 0.25) is 0 Å². The fourth-order valence-electron chi connectivity index (χ4n) is 2.18. The van der Waals surface area contributed by atoms with Crippen LogP contribution in [0.25, 0.3) is 0 Å². The molecule has 2 unspecified atom stereocenters. The second kappa shape index (κ2) is 10.6. The van der Waals surface area contributed by atoms with E-state index in [-0.39, 0.29) is 6.61 Å². The molecule has 0 heterocycles. The molecule has 4 nitrogen and oxygen atoms in total. The van der Waals surface area contributed by atoms with Crippen LogP contribution in [0.15, 0.2) is 0 Å². The summed E-state index contributed by atoms with van der Waals surface area (Å²) in [7, 11) is -4.52. The molecule has 0 radical (unpaired) electrons. The van der Waals surface area contributed by atoms with E-state index in [2.05, 4.69) is 25.0 Å². The van der Waals surface area contributed by atoms with Crippen molar-refractivity contribution in [3.05, 3.63) is 0 Å². The van der Waals surface area contributed by atoms with Gasteiger partial charge in [0.25, 0.3) is 0 Å². The van der Waals surface area contributed by atoms with E-state index in [1.807, 2.05) is 0 Å². The quantitative estimate of drug-likeness (QED) is 0.311. The van der Waals surface area contributed by atoms with Crippen molar-refractivity contribution in [3.8, 4) is 0 Å². The highest BCUT2D eigenvalue weighted by Crippen LogP contribution is 2.19. The zero-order chi connectivity index (χ0) is 14.7. The summed E-state index contributed by atoms with van der Waals surface area (Å²) in [6.07, 6.45) is 9.00. The second-order valence-corrected chi connectivity index (χ2v) is 6.50. The maximum atomic E-state index is 10.3. The van der Waals surface area contributed by atoms with Gasteiger partial charge in [-0.2, -0.15) is 0 Å². The molecule has 0 saturated carbocycles. The monoisotopic (exact) mass is 293 g/mol. The Labute approximate surface area is 118 Å². The van der Waals surface area contributed by atoms with E-state index in [1.165, 1.54) is 32.1 Å². The molecule has 116 valence electrons. The smallest absolute Gasteiger partial charge is 0.217 e. The summed E-state index contributed by atoms with van der Waals surface area (Å²) in [5.74, 6) is 1.28. The maximum absolute atomic E-state index is 10.3. The van der Waals surface area contributed by atoms with Gasteiger partial charge in [0.1, 0.15) is 0 Å². The molecular weight excluding hydrogens is 264 g/mol. The molecule has 0 aromatic carbocycles. The Morgan fingerprint density at radius 2 is 1.63 bits per heavy atom. The minimum Gasteiger partial charge on any atom is -0.726 e. The fraction of sp³-hybridized carbons (Fsp3) is 1.00. The molecule has 0 spiro atoms. The van der Waals surface area contributed by atoms with Crippen molar-refractivity contribution in [1.82, 2.24) is 0 Å². The van der Waals surface area contributed by atoms with Crippen molar-refractivity contribution < 1.29 is 17.2 Å². The third-order valence-electron chi connectivity index (χ3n) is 3.84. The first-order valence-corrected chi connectivity index (χ1v) is 8.82. The summed E-state index contributed by atoms with van der Waals surface area (Å²) in [6, 6.07) is 0. The van der Waals surface area contributed by atoms with E-state index in [4.69, 9.17) is 0 Å². The van der Waals surface area contributed by atoms with E-state index in [1.54, 1.807) is 0 Å². The van der Waals surface area contributed by atoms with Crippen molar-refractivity contribution >= 4 is 10.4 Å². The minimum atomic E-state index is -4.52. The van der Waals surface area contributed by atoms with E-state index in [9.17, 15) is 13.0 Å². The molecule has 5 heteroatoms. The highest BCUT2D eigenvalue weighted by molar-refractivity contribution is 7.80. The van der Waals surface area contributed by atoms with Gasteiger partial charge in [0.05, 0.1) is 6.61 Å². The first kappa shape index (κ1) is 18.9. The Morgan fingerprint density at radius 1 is 1.00 bits per heavy atom. The normalized spacial score (nSPS) is 15.4. The first-order chi connectivity index (χ1) is 8.89. The van der Waals surface area contributed by atoms with Crippen LogP contribution in [-0.4, -0.2) is 19.6 Å². The average Bonchev–Trinajstić information content (AvgIpc) is 2.34. The second-order valence-electron chi connectivity index (χ2n) is 5.44. The highest BCUT2D eigenvalue weighted by atomic mass is 32.3. The number of hydrogen-bond donors (Lipinski definition) is 0. The minimum absolute atomic E-state index is 0.0250. The van der Waals surface area contributed by atoms with Gasteiger partial charge in [-0.15, -0.1) is 0 Å². The Kier molecular flexibility index (Phi) is 10.6. The van der Waals surface area contributed by atoms with Gasteiger partial charge in [0.2, 0.25) is 10.4 Å². The molecule has 0 aromatic heterocycles. The lowest BCUT2D eigenvalue weighted by Crippen LogP contribution is -2.09. The number of hydrogen-bond acceptors (Lipinski definition) is 4. The lowest BCUT2D eigenvalue weighted by molar-refractivity contribution is 0.233. The average molecular weight is 293 g/mol. The molecule has 0 aliphatic carbocycles. The summed E-state index contributed by atoms with van der Waals surface area (Å²) >= 11 is 0. The zero-order valence-electron chi connectivity index (χ0n) is 12.6. The van der Waals surface area contributed by atoms with Gasteiger partial charge in [0.15, 0.2) is 0 Å². The van der Waals surface area contributed by atoms with E-state index < -0.39 is 10.4 Å². The van der Waals surface area contributed by atoms with Crippen LogP contribution in [0.3, 0.4) is 0 Å². The van der Waals surface area contributed by atoms with Crippen LogP contribution >= 0.6 is 0 Å². The summed E-state index contributed by atoms with van der Waals surface area (Å²) in [5, 5.41) is 0. The topological polar surface area (TPSA) is 66.4 Å². The van der Waals surface area contributed by atoms with E-state index in [0.29, 0.717) is 12.3 Å². The van der Waals surface area contributed by atoms with Gasteiger partial charge in [-0.1, -0.05) is 65.7 Å². The van der Waals surface area contributed by atoms with Gasteiger partial charge in [-0.25, -0.2) is 8.42 Å². The summed E-state index contributed by atoms with van der Waals surface area (Å²) in [4.78, 5) is 0. The third-order valence-corrected chi connectivity index (χ3v) is 4.29. The predicted molar refractivity (Wildman–Crippen MR) is 76.6 cm³/mol. The fourth-order valence-corrected chi connectivity index (χ4v) is 2.48. The van der Waals surface area contributed by atoms with E-state index in [0.717, 1.165) is 18.8 Å². The standard InChI is InChI=1S/C14H30O4S/c1-4-13(3)9-7-6-8-10-14(5-2)11-12-18-19(15,16)17/h13-14H,4-12H2,1-3H3,(H,15,16,17)/p-1. The van der Waals surface area contributed by atoms with Gasteiger partial charge >= 0.3 is 0 Å². The lowest BCUT2D eigenvalue weighted by Gasteiger charge is -2.15. The van der Waals surface area contributed by atoms with Gasteiger partial charge in [0, 0.05) is 0 Å². The van der Waals surface area contributed by atoms with Crippen LogP contribution in [0.1, 0.15) is 72.1 Å². The van der Waals surface area contributed by atoms with Gasteiger partial charge in [-0.3, -0.25) is 4.18 Å². The van der Waals surface area contributed by atoms with Crippen molar-refractivity contribution in [2.24, 2.45) is 11.8 Å². The summed E-state index contributed by atoms with van der Waals surface area (Å²) < 4.78 is 35.2. The van der Waals surface area contributed by atoms with Crippen molar-refractivity contribution in [2.45, 2.75) is 72.1 Å². The Morgan fingerprint density at radius 3 is 2.16 bits per heavy atom. The van der Waals surface area contributed by atoms with Gasteiger partial charge < -0.3 is 4.55 Å². The Balaban J connectivity index is 3.59. The molecule has 0 fully saturated rings. The Bertz CT molecular complexity index is 301. The Hall–Kier alpha value is -0.130. The third kappa shape index (κ3) is 12.6. The molecule has 19 heavy (non-hydrogen) atoms. The highest BCUT2D eigenvalue weighted by Gasteiger charge is 2.07. The molecule has 0 bridgehead atoms. The van der Waals surface area contributed by atoms with E-state index >= 15 is 0 Å². The molecule has 0 aromatic rings. The van der Waals surface area contributed by atoms with Crippen LogP contribution < -0.4 is 0 Å². The SMILES string of the molecule is CCC(C)CCCCCC(CC)CCOS(=O)(=O)[O-]. The molecule has 0 amide bonds. The number of rotatable bonds is 12. The molecule has 0 saturated heterocycles. The van der Waals surface area contributed by atoms with Crippen molar-refractivity contribution in [2.75, 3.05) is 6.61 Å². The van der Waals surface area contributed by atoms with Crippen LogP contribution in [0.5, 0.6) is 0 Å². The molecule has 0 aliphatic rings. The first-order valence-electron chi connectivity index (χ1n) is 7.49. The lowest BCUT2D eigenvalue weighted by atomic mass is 9.94. The molecule has 0 N–H and O–H groups in total. The van der Waals surface area contributed by atoms with Crippen molar-refractivity contribution in [3.63, 3.8) is 0 Å². The molecule has 0 rings (SSSR count). The summed E-state index contributed by atoms with van der Waals surface area (Å²) in [5.41, 5.74) is 0. The predicted octanol–water partition coefficient (Wildman–Crippen LogP) is 3.88. The number of unbranched alkanes of at least 4 members (excludes halogenated alkanes) is 2. The molecule has 2 atom stereocenters. The maximum Gasteiger partial charge on any atom is 0.217 e.